The van der Waals surface area contributed by atoms with E-state index in [0.29, 0.717) is 23.5 Å². The van der Waals surface area contributed by atoms with Crippen molar-refractivity contribution in [3.05, 3.63) is 24.3 Å². The summed E-state index contributed by atoms with van der Waals surface area (Å²) in [4.78, 5) is 9.99. The molecule has 0 bridgehead atoms. The van der Waals surface area contributed by atoms with Crippen molar-refractivity contribution < 1.29 is 17.9 Å². The first-order valence-electron chi connectivity index (χ1n) is 7.09. The van der Waals surface area contributed by atoms with Gasteiger partial charge in [-0.15, -0.1) is 13.2 Å². The number of nitrogens with zero attached hydrogens (tertiary/aromatic N) is 3. The van der Waals surface area contributed by atoms with Crippen molar-refractivity contribution in [2.24, 2.45) is 33.3 Å². The highest BCUT2D eigenvalue weighted by Crippen LogP contribution is 2.44. The molecule has 0 spiro atoms. The summed E-state index contributed by atoms with van der Waals surface area (Å²) in [6.07, 6.45) is -3.47. The maximum absolute atomic E-state index is 12.1. The van der Waals surface area contributed by atoms with Gasteiger partial charge in [0.05, 0.1) is 5.69 Å². The second-order valence-electron chi connectivity index (χ2n) is 5.64. The molecule has 1 heterocycles. The molecular weight excluding hydrogens is 311 g/mol. The number of piperidine rings is 1. The molecule has 2 fully saturated rings. The highest BCUT2D eigenvalue weighted by molar-refractivity contribution is 5.94. The Balaban J connectivity index is 1.63. The van der Waals surface area contributed by atoms with Crippen LogP contribution in [0.25, 0.3) is 0 Å². The topological polar surface area (TPSA) is 89.2 Å². The van der Waals surface area contributed by atoms with Gasteiger partial charge in [-0.25, -0.2) is 4.99 Å². The molecule has 0 amide bonds. The lowest BCUT2D eigenvalue weighted by Crippen LogP contribution is -2.38. The van der Waals surface area contributed by atoms with E-state index in [1.165, 1.54) is 18.6 Å². The van der Waals surface area contributed by atoms with Crippen LogP contribution in [0.4, 0.5) is 18.9 Å². The van der Waals surface area contributed by atoms with Gasteiger partial charge in [-0.3, -0.25) is 0 Å². The molecule has 9 heteroatoms. The van der Waals surface area contributed by atoms with Crippen molar-refractivity contribution in [2.45, 2.75) is 12.8 Å². The van der Waals surface area contributed by atoms with Gasteiger partial charge in [0.25, 0.3) is 0 Å². The first kappa shape index (κ1) is 15.4. The van der Waals surface area contributed by atoms with Crippen molar-refractivity contribution in [3.63, 3.8) is 0 Å². The minimum Gasteiger partial charge on any atom is -0.406 e. The Morgan fingerprint density at radius 2 is 1.74 bits per heavy atom. The van der Waals surface area contributed by atoms with Gasteiger partial charge in [-0.1, -0.05) is 0 Å². The Bertz CT molecular complexity index is 631. The molecule has 0 radical (unpaired) electrons. The molecule has 1 aromatic rings. The number of aliphatic imine (C=N–C) groups is 2. The number of fused-ring (bicyclic) bond motifs is 1. The zero-order chi connectivity index (χ0) is 16.6. The molecule has 3 rings (SSSR count). The Morgan fingerprint density at radius 1 is 1.13 bits per heavy atom. The van der Waals surface area contributed by atoms with Gasteiger partial charge in [-0.2, -0.15) is 4.99 Å². The third-order valence-electron chi connectivity index (χ3n) is 3.85. The molecule has 2 atom stereocenters. The number of halogens is 3. The lowest BCUT2D eigenvalue weighted by atomic mass is 10.3. The summed E-state index contributed by atoms with van der Waals surface area (Å²) in [5, 5.41) is 0. The number of ether oxygens (including phenoxy) is 1. The van der Waals surface area contributed by atoms with Gasteiger partial charge in [-0.05, 0) is 42.5 Å². The third kappa shape index (κ3) is 4.05. The number of rotatable bonds is 2. The van der Waals surface area contributed by atoms with Crippen LogP contribution in [0.2, 0.25) is 0 Å². The monoisotopic (exact) mass is 327 g/mol. The molecule has 1 saturated heterocycles. The average molecular weight is 327 g/mol. The van der Waals surface area contributed by atoms with Gasteiger partial charge in [0.15, 0.2) is 5.96 Å². The lowest BCUT2D eigenvalue weighted by molar-refractivity contribution is -0.274. The highest BCUT2D eigenvalue weighted by Gasteiger charge is 2.45. The van der Waals surface area contributed by atoms with Crippen LogP contribution in [0.5, 0.6) is 5.75 Å². The van der Waals surface area contributed by atoms with Gasteiger partial charge in [0.2, 0.25) is 5.96 Å². The predicted molar refractivity (Wildman–Crippen MR) is 79.2 cm³/mol. The molecule has 6 nitrogen and oxygen atoms in total. The quantitative estimate of drug-likeness (QED) is 0.640. The molecule has 124 valence electrons. The Hall–Kier alpha value is -2.45. The highest BCUT2D eigenvalue weighted by atomic mass is 19.4. The molecule has 1 aromatic carbocycles. The molecule has 1 aliphatic carbocycles. The van der Waals surface area contributed by atoms with Gasteiger partial charge >= 0.3 is 6.36 Å². The van der Waals surface area contributed by atoms with E-state index >= 15 is 0 Å². The fraction of sp³-hybridized carbons (Fsp3) is 0.429. The fourth-order valence-corrected chi connectivity index (χ4v) is 2.65. The molecule has 2 aliphatic rings. The van der Waals surface area contributed by atoms with Crippen LogP contribution in [0.1, 0.15) is 6.42 Å². The van der Waals surface area contributed by atoms with E-state index in [1.54, 1.807) is 0 Å². The van der Waals surface area contributed by atoms with E-state index in [0.717, 1.165) is 25.2 Å². The first-order valence-corrected chi connectivity index (χ1v) is 7.09. The molecule has 1 saturated carbocycles. The van der Waals surface area contributed by atoms with Crippen molar-refractivity contribution in [1.82, 2.24) is 4.90 Å². The summed E-state index contributed by atoms with van der Waals surface area (Å²) >= 11 is 0. The normalized spacial score (nSPS) is 24.6. The van der Waals surface area contributed by atoms with Gasteiger partial charge < -0.3 is 21.1 Å². The summed E-state index contributed by atoms with van der Waals surface area (Å²) in [5.74, 6) is 1.36. The van der Waals surface area contributed by atoms with Crippen LogP contribution < -0.4 is 16.2 Å². The van der Waals surface area contributed by atoms with Crippen LogP contribution in [0.3, 0.4) is 0 Å². The maximum atomic E-state index is 12.1. The number of alkyl halides is 3. The summed E-state index contributed by atoms with van der Waals surface area (Å²) < 4.78 is 40.0. The number of nitrogens with two attached hydrogens (primary N) is 2. The first-order chi connectivity index (χ1) is 10.8. The Morgan fingerprint density at radius 3 is 2.30 bits per heavy atom. The molecule has 2 unspecified atom stereocenters. The van der Waals surface area contributed by atoms with Crippen molar-refractivity contribution in [2.75, 3.05) is 13.1 Å². The SMILES string of the molecule is NC(=Nc1ccc(OC(F)(F)F)cc1)/N=C(/N)N1CC2CC2C1. The molecule has 4 N–H and O–H groups in total. The standard InChI is InChI=1S/C14H16F3N5O/c15-14(16,17)23-11-3-1-10(2-4-11)20-12(18)21-13(19)22-6-8-5-9(8)7-22/h1-4,8-9H,5-7H2,(H4,18,19,20,21). The van der Waals surface area contributed by atoms with E-state index in [2.05, 4.69) is 14.7 Å². The van der Waals surface area contributed by atoms with Crippen LogP contribution >= 0.6 is 0 Å². The number of benzene rings is 1. The van der Waals surface area contributed by atoms with Crippen molar-refractivity contribution in [3.8, 4) is 5.75 Å². The van der Waals surface area contributed by atoms with E-state index < -0.39 is 6.36 Å². The largest absolute Gasteiger partial charge is 0.573 e. The average Bonchev–Trinajstić information content (AvgIpc) is 3.05. The van der Waals surface area contributed by atoms with E-state index in [4.69, 9.17) is 11.5 Å². The van der Waals surface area contributed by atoms with E-state index in [1.807, 2.05) is 4.90 Å². The summed E-state index contributed by atoms with van der Waals surface area (Å²) in [5.41, 5.74) is 11.9. The van der Waals surface area contributed by atoms with Crippen LogP contribution in [-0.2, 0) is 0 Å². The lowest BCUT2D eigenvalue weighted by Gasteiger charge is -2.18. The number of guanidine groups is 2. The predicted octanol–water partition coefficient (Wildman–Crippen LogP) is 1.80. The van der Waals surface area contributed by atoms with E-state index in [-0.39, 0.29) is 11.7 Å². The zero-order valence-corrected chi connectivity index (χ0v) is 12.1. The van der Waals surface area contributed by atoms with Crippen LogP contribution in [0.15, 0.2) is 34.3 Å². The second kappa shape index (κ2) is 5.64. The van der Waals surface area contributed by atoms with Crippen molar-refractivity contribution >= 4 is 17.6 Å². The Kier molecular flexibility index (Phi) is 3.78. The molecule has 0 aromatic heterocycles. The Labute approximate surface area is 130 Å². The molecule has 1 aliphatic heterocycles. The minimum absolute atomic E-state index is 0.0486. The smallest absolute Gasteiger partial charge is 0.406 e. The van der Waals surface area contributed by atoms with Crippen molar-refractivity contribution in [1.29, 1.82) is 0 Å². The number of likely N-dealkylation sites (tertiary alicyclic amines) is 1. The molecular formula is C14H16F3N5O. The molecule has 23 heavy (non-hydrogen) atoms. The van der Waals surface area contributed by atoms with Crippen LogP contribution in [-0.4, -0.2) is 36.3 Å². The van der Waals surface area contributed by atoms with Gasteiger partial charge in [0, 0.05) is 13.1 Å². The number of hydrogen-bond acceptors (Lipinski definition) is 2. The van der Waals surface area contributed by atoms with Crippen LogP contribution in [0, 0.1) is 11.8 Å². The summed E-state index contributed by atoms with van der Waals surface area (Å²) in [6.45, 7) is 1.77. The minimum atomic E-state index is -4.72. The van der Waals surface area contributed by atoms with Gasteiger partial charge in [0.1, 0.15) is 5.75 Å². The van der Waals surface area contributed by atoms with E-state index in [9.17, 15) is 13.2 Å². The maximum Gasteiger partial charge on any atom is 0.573 e. The fourth-order valence-electron chi connectivity index (χ4n) is 2.65. The second-order valence-corrected chi connectivity index (χ2v) is 5.64. The third-order valence-corrected chi connectivity index (χ3v) is 3.85. The zero-order valence-electron chi connectivity index (χ0n) is 12.1. The number of hydrogen-bond donors (Lipinski definition) is 2. The summed E-state index contributed by atoms with van der Waals surface area (Å²) in [7, 11) is 0. The summed E-state index contributed by atoms with van der Waals surface area (Å²) in [6, 6.07) is 5.01.